The molecule has 0 aromatic carbocycles. The average molecular weight is 245 g/mol. The van der Waals surface area contributed by atoms with Crippen molar-refractivity contribution >= 4 is 0 Å². The Balaban J connectivity index is 1.80. The Hall–Kier alpha value is -1.62. The van der Waals surface area contributed by atoms with Crippen molar-refractivity contribution in [2.75, 3.05) is 6.54 Å². The molecule has 0 amide bonds. The summed E-state index contributed by atoms with van der Waals surface area (Å²) in [6.45, 7) is 4.17. The van der Waals surface area contributed by atoms with E-state index in [4.69, 9.17) is 0 Å². The molecule has 0 unspecified atom stereocenters. The Morgan fingerprint density at radius 1 is 1.50 bits per heavy atom. The van der Waals surface area contributed by atoms with Crippen LogP contribution in [-0.4, -0.2) is 31.2 Å². The number of aromatic nitrogens is 4. The molecule has 1 fully saturated rings. The maximum Gasteiger partial charge on any atom is 0.122 e. The Bertz CT molecular complexity index is 527. The molecule has 0 saturated carbocycles. The highest BCUT2D eigenvalue weighted by atomic mass is 15.2. The summed E-state index contributed by atoms with van der Waals surface area (Å²) in [6.07, 6.45) is 8.22. The number of hydrogen-bond acceptors (Lipinski definition) is 3. The van der Waals surface area contributed by atoms with E-state index in [-0.39, 0.29) is 0 Å². The highest BCUT2D eigenvalue weighted by Crippen LogP contribution is 2.33. The van der Waals surface area contributed by atoms with Crippen molar-refractivity contribution in [3.8, 4) is 0 Å². The summed E-state index contributed by atoms with van der Waals surface area (Å²) in [5.41, 5.74) is 2.52. The summed E-state index contributed by atoms with van der Waals surface area (Å²) in [7, 11) is 2.05. The zero-order valence-corrected chi connectivity index (χ0v) is 10.9. The van der Waals surface area contributed by atoms with E-state index >= 15 is 0 Å². The number of aryl methyl sites for hydroxylation is 2. The molecule has 1 saturated heterocycles. The van der Waals surface area contributed by atoms with Crippen molar-refractivity contribution in [2.24, 2.45) is 7.05 Å². The van der Waals surface area contributed by atoms with Gasteiger partial charge < -0.3 is 4.57 Å². The van der Waals surface area contributed by atoms with Gasteiger partial charge in [0, 0.05) is 19.4 Å². The third-order valence-corrected chi connectivity index (χ3v) is 3.83. The molecule has 18 heavy (non-hydrogen) atoms. The van der Waals surface area contributed by atoms with E-state index in [1.807, 2.05) is 18.6 Å². The van der Waals surface area contributed by atoms with Crippen LogP contribution in [0.1, 0.15) is 36.0 Å². The molecule has 3 rings (SSSR count). The summed E-state index contributed by atoms with van der Waals surface area (Å²) in [5.74, 6) is 1.12. The van der Waals surface area contributed by atoms with Gasteiger partial charge in [-0.25, -0.2) is 4.98 Å². The van der Waals surface area contributed by atoms with Gasteiger partial charge in [0.2, 0.25) is 0 Å². The van der Waals surface area contributed by atoms with Crippen molar-refractivity contribution in [2.45, 2.75) is 32.4 Å². The SMILES string of the molecule is Cc1cn[nH]c1[C@@H]1CCCN1Cc1nccn1C. The first kappa shape index (κ1) is 11.5. The van der Waals surface area contributed by atoms with Gasteiger partial charge in [-0.1, -0.05) is 0 Å². The zero-order valence-electron chi connectivity index (χ0n) is 10.9. The molecule has 2 aromatic heterocycles. The molecule has 1 aliphatic rings. The molecule has 5 heteroatoms. The fourth-order valence-corrected chi connectivity index (χ4v) is 2.77. The van der Waals surface area contributed by atoms with Crippen LogP contribution in [0.3, 0.4) is 0 Å². The number of nitrogens with one attached hydrogen (secondary N) is 1. The van der Waals surface area contributed by atoms with E-state index in [2.05, 4.69) is 38.6 Å². The monoisotopic (exact) mass is 245 g/mol. The Morgan fingerprint density at radius 2 is 2.39 bits per heavy atom. The van der Waals surface area contributed by atoms with Crippen molar-refractivity contribution in [3.05, 3.63) is 35.7 Å². The lowest BCUT2D eigenvalue weighted by Gasteiger charge is -2.23. The van der Waals surface area contributed by atoms with Crippen molar-refractivity contribution < 1.29 is 0 Å². The molecule has 1 N–H and O–H groups in total. The van der Waals surface area contributed by atoms with Gasteiger partial charge in [0.25, 0.3) is 0 Å². The van der Waals surface area contributed by atoms with E-state index in [1.54, 1.807) is 0 Å². The third-order valence-electron chi connectivity index (χ3n) is 3.83. The van der Waals surface area contributed by atoms with Crippen LogP contribution in [0.4, 0.5) is 0 Å². The fraction of sp³-hybridized carbons (Fsp3) is 0.538. The van der Waals surface area contributed by atoms with Gasteiger partial charge in [-0.2, -0.15) is 5.10 Å². The minimum atomic E-state index is 0.462. The summed E-state index contributed by atoms with van der Waals surface area (Å²) >= 11 is 0. The predicted octanol–water partition coefficient (Wildman–Crippen LogP) is 1.79. The fourth-order valence-electron chi connectivity index (χ4n) is 2.77. The van der Waals surface area contributed by atoms with Gasteiger partial charge in [-0.15, -0.1) is 0 Å². The zero-order chi connectivity index (χ0) is 12.5. The van der Waals surface area contributed by atoms with Gasteiger partial charge in [0.1, 0.15) is 5.82 Å². The number of likely N-dealkylation sites (tertiary alicyclic amines) is 1. The highest BCUT2D eigenvalue weighted by molar-refractivity contribution is 5.19. The molecule has 5 nitrogen and oxygen atoms in total. The first-order chi connectivity index (χ1) is 8.75. The largest absolute Gasteiger partial charge is 0.337 e. The van der Waals surface area contributed by atoms with Gasteiger partial charge in [0.05, 0.1) is 24.5 Å². The minimum Gasteiger partial charge on any atom is -0.337 e. The van der Waals surface area contributed by atoms with Gasteiger partial charge in [-0.3, -0.25) is 10.00 Å². The molecule has 0 spiro atoms. The van der Waals surface area contributed by atoms with Gasteiger partial charge in [0.15, 0.2) is 0 Å². The minimum absolute atomic E-state index is 0.462. The molecule has 0 aliphatic carbocycles. The van der Waals surface area contributed by atoms with Crippen LogP contribution in [0.15, 0.2) is 18.6 Å². The number of rotatable bonds is 3. The smallest absolute Gasteiger partial charge is 0.122 e. The van der Waals surface area contributed by atoms with Crippen LogP contribution in [-0.2, 0) is 13.6 Å². The molecule has 1 aliphatic heterocycles. The van der Waals surface area contributed by atoms with Gasteiger partial charge in [-0.05, 0) is 31.9 Å². The van der Waals surface area contributed by atoms with Crippen molar-refractivity contribution in [3.63, 3.8) is 0 Å². The van der Waals surface area contributed by atoms with E-state index < -0.39 is 0 Å². The molecule has 2 aromatic rings. The average Bonchev–Trinajstić information content (AvgIpc) is 3.03. The summed E-state index contributed by atoms with van der Waals surface area (Å²) in [5, 5.41) is 7.30. The van der Waals surface area contributed by atoms with E-state index in [0.29, 0.717) is 6.04 Å². The van der Waals surface area contributed by atoms with E-state index in [0.717, 1.165) is 18.9 Å². The maximum absolute atomic E-state index is 4.41. The van der Waals surface area contributed by atoms with Crippen LogP contribution < -0.4 is 0 Å². The Kier molecular flexibility index (Phi) is 2.91. The lowest BCUT2D eigenvalue weighted by molar-refractivity contribution is 0.235. The van der Waals surface area contributed by atoms with Gasteiger partial charge >= 0.3 is 0 Å². The first-order valence-electron chi connectivity index (χ1n) is 6.46. The van der Waals surface area contributed by atoms with E-state index in [1.165, 1.54) is 24.1 Å². The summed E-state index contributed by atoms with van der Waals surface area (Å²) in [6, 6.07) is 0.462. The van der Waals surface area contributed by atoms with Crippen LogP contribution in [0.25, 0.3) is 0 Å². The predicted molar refractivity (Wildman–Crippen MR) is 68.9 cm³/mol. The molecular formula is C13H19N5. The highest BCUT2D eigenvalue weighted by Gasteiger charge is 2.28. The maximum atomic E-state index is 4.41. The Labute approximate surface area is 107 Å². The molecular weight excluding hydrogens is 226 g/mol. The van der Waals surface area contributed by atoms with Crippen molar-refractivity contribution in [1.82, 2.24) is 24.6 Å². The second kappa shape index (κ2) is 4.57. The quantitative estimate of drug-likeness (QED) is 0.897. The number of imidazole rings is 1. The normalized spacial score (nSPS) is 20.7. The first-order valence-corrected chi connectivity index (χ1v) is 6.46. The lowest BCUT2D eigenvalue weighted by Crippen LogP contribution is -2.25. The van der Waals surface area contributed by atoms with Crippen LogP contribution >= 0.6 is 0 Å². The molecule has 0 radical (unpaired) electrons. The number of H-pyrrole nitrogens is 1. The third kappa shape index (κ3) is 1.95. The van der Waals surface area contributed by atoms with Crippen LogP contribution in [0.5, 0.6) is 0 Å². The topological polar surface area (TPSA) is 49.7 Å². The standard InChI is InChI=1S/C13H19N5/c1-10-8-15-16-13(10)11-4-3-6-18(11)9-12-14-5-7-17(12)2/h5,7-8,11H,3-4,6,9H2,1-2H3,(H,15,16)/t11-/m0/s1. The second-order valence-electron chi connectivity index (χ2n) is 5.05. The Morgan fingerprint density at radius 3 is 3.06 bits per heavy atom. The second-order valence-corrected chi connectivity index (χ2v) is 5.05. The molecule has 3 heterocycles. The summed E-state index contributed by atoms with van der Waals surface area (Å²) < 4.78 is 2.09. The molecule has 0 bridgehead atoms. The summed E-state index contributed by atoms with van der Waals surface area (Å²) in [4.78, 5) is 6.90. The van der Waals surface area contributed by atoms with Crippen molar-refractivity contribution in [1.29, 1.82) is 0 Å². The molecule has 96 valence electrons. The van der Waals surface area contributed by atoms with Crippen LogP contribution in [0.2, 0.25) is 0 Å². The van der Waals surface area contributed by atoms with Crippen LogP contribution in [0, 0.1) is 6.92 Å². The lowest BCUT2D eigenvalue weighted by atomic mass is 10.1. The number of nitrogens with zero attached hydrogens (tertiary/aromatic N) is 4. The van der Waals surface area contributed by atoms with E-state index in [9.17, 15) is 0 Å². The number of hydrogen-bond donors (Lipinski definition) is 1. The molecule has 1 atom stereocenters. The number of aromatic amines is 1.